The topological polar surface area (TPSA) is 293 Å². The Labute approximate surface area is 270 Å². The summed E-state index contributed by atoms with van der Waals surface area (Å²) in [6, 6.07) is -6.84. The van der Waals surface area contributed by atoms with Crippen LogP contribution in [0.1, 0.15) is 74.1 Å². The summed E-state index contributed by atoms with van der Waals surface area (Å²) in [6.07, 6.45) is 1.17. The average molecular weight is 658 g/mol. The Balaban J connectivity index is 5.68. The van der Waals surface area contributed by atoms with E-state index in [2.05, 4.69) is 31.6 Å². The molecule has 0 saturated heterocycles. The molecular weight excluding hydrogens is 602 g/mol. The maximum absolute atomic E-state index is 13.5. The van der Waals surface area contributed by atoms with Crippen LogP contribution in [0.4, 0.5) is 0 Å². The van der Waals surface area contributed by atoms with Crippen molar-refractivity contribution in [3.63, 3.8) is 0 Å². The van der Waals surface area contributed by atoms with Gasteiger partial charge < -0.3 is 54.0 Å². The lowest BCUT2D eigenvalue weighted by atomic mass is 9.98. The third-order valence-corrected chi connectivity index (χ3v) is 6.78. The van der Waals surface area contributed by atoms with E-state index >= 15 is 0 Å². The van der Waals surface area contributed by atoms with Gasteiger partial charge in [0.05, 0.1) is 12.6 Å². The van der Waals surface area contributed by atoms with Gasteiger partial charge >= 0.3 is 5.97 Å². The Hall–Kier alpha value is -3.99. The smallest absolute Gasteiger partial charge is 0.328 e. The molecule has 0 spiro atoms. The van der Waals surface area contributed by atoms with E-state index in [-0.39, 0.29) is 37.1 Å². The van der Waals surface area contributed by atoms with Crippen LogP contribution in [0, 0.1) is 17.8 Å². The number of aliphatic hydroxyl groups is 1. The third-order valence-electron chi connectivity index (χ3n) is 6.78. The van der Waals surface area contributed by atoms with Gasteiger partial charge in [-0.3, -0.25) is 29.0 Å². The molecule has 264 valence electrons. The van der Waals surface area contributed by atoms with E-state index in [1.807, 2.05) is 27.7 Å². The fourth-order valence-electron chi connectivity index (χ4n) is 4.25. The number of carbonyl (C=O) groups excluding carboxylic acids is 5. The molecule has 0 unspecified atom stereocenters. The van der Waals surface area contributed by atoms with Gasteiger partial charge in [-0.05, 0) is 50.4 Å². The minimum Gasteiger partial charge on any atom is -0.480 e. The van der Waals surface area contributed by atoms with Gasteiger partial charge in [-0.25, -0.2) is 4.79 Å². The van der Waals surface area contributed by atoms with E-state index in [0.29, 0.717) is 13.0 Å². The highest BCUT2D eigenvalue weighted by Crippen LogP contribution is 2.11. The quantitative estimate of drug-likeness (QED) is 0.0354. The number of guanidine groups is 1. The maximum atomic E-state index is 13.5. The standard InChI is InChI=1S/C29H55N9O8/c1-14(2)11-19(25(42)34-17(7)23(40)37-21(13-39)28(45)46)36-27(44)22(16(5)6)38-26(43)20(12-15(3)4)35-24(41)18(30)9-8-10-33-29(31)32/h14-22,39H,8-13,30H2,1-7H3,(H,34,42)(H,35,41)(H,36,44)(H,37,40)(H,38,43)(H,45,46)(H4,31,32,33)/t17-,18-,19-,20-,21-,22-/m0/s1. The van der Waals surface area contributed by atoms with Crippen molar-refractivity contribution in [2.24, 2.45) is 39.9 Å². The van der Waals surface area contributed by atoms with Crippen molar-refractivity contribution in [2.45, 2.75) is 110 Å². The van der Waals surface area contributed by atoms with E-state index < -0.39 is 84.3 Å². The number of carboxylic acid groups (broad SMARTS) is 1. The first kappa shape index (κ1) is 42.0. The first-order chi connectivity index (χ1) is 21.3. The molecule has 5 amide bonds. The number of hydrogen-bond acceptors (Lipinski definition) is 9. The normalized spacial score (nSPS) is 15.1. The number of rotatable bonds is 21. The van der Waals surface area contributed by atoms with Crippen LogP contribution in [0.25, 0.3) is 0 Å². The van der Waals surface area contributed by atoms with Crippen LogP contribution in [0.5, 0.6) is 0 Å². The average Bonchev–Trinajstić information content (AvgIpc) is 2.94. The molecule has 0 radical (unpaired) electrons. The fraction of sp³-hybridized carbons (Fsp3) is 0.759. The van der Waals surface area contributed by atoms with E-state index in [1.54, 1.807) is 13.8 Å². The van der Waals surface area contributed by atoms with Gasteiger partial charge in [0.15, 0.2) is 5.96 Å². The van der Waals surface area contributed by atoms with Gasteiger partial charge in [0.25, 0.3) is 0 Å². The van der Waals surface area contributed by atoms with Gasteiger partial charge in [0.2, 0.25) is 29.5 Å². The molecule has 6 atom stereocenters. The number of nitrogens with two attached hydrogens (primary N) is 3. The van der Waals surface area contributed by atoms with Crippen LogP contribution >= 0.6 is 0 Å². The second-order valence-electron chi connectivity index (χ2n) is 12.5. The number of nitrogens with one attached hydrogen (secondary N) is 5. The molecule has 0 saturated carbocycles. The van der Waals surface area contributed by atoms with E-state index in [4.69, 9.17) is 27.4 Å². The zero-order valence-electron chi connectivity index (χ0n) is 28.0. The third kappa shape index (κ3) is 16.4. The molecule has 0 aliphatic carbocycles. The number of aliphatic carboxylic acids is 1. The summed E-state index contributed by atoms with van der Waals surface area (Å²) in [5, 5.41) is 30.8. The highest BCUT2D eigenvalue weighted by Gasteiger charge is 2.33. The summed E-state index contributed by atoms with van der Waals surface area (Å²) in [5.41, 5.74) is 16.6. The summed E-state index contributed by atoms with van der Waals surface area (Å²) in [6.45, 7) is 11.6. The molecule has 0 aliphatic rings. The number of nitrogens with zero attached hydrogens (tertiary/aromatic N) is 1. The van der Waals surface area contributed by atoms with Crippen LogP contribution in [0.15, 0.2) is 4.99 Å². The van der Waals surface area contributed by atoms with E-state index in [1.165, 1.54) is 6.92 Å². The second-order valence-corrected chi connectivity index (χ2v) is 12.5. The van der Waals surface area contributed by atoms with Crippen molar-refractivity contribution in [1.82, 2.24) is 26.6 Å². The molecule has 46 heavy (non-hydrogen) atoms. The van der Waals surface area contributed by atoms with E-state index in [0.717, 1.165) is 0 Å². The highest BCUT2D eigenvalue weighted by molar-refractivity contribution is 5.96. The summed E-state index contributed by atoms with van der Waals surface area (Å²) in [7, 11) is 0. The molecule has 0 heterocycles. The minimum atomic E-state index is -1.55. The van der Waals surface area contributed by atoms with Crippen molar-refractivity contribution in [3.8, 4) is 0 Å². The Morgan fingerprint density at radius 3 is 1.59 bits per heavy atom. The van der Waals surface area contributed by atoms with Gasteiger partial charge in [0.1, 0.15) is 30.2 Å². The molecule has 0 aromatic heterocycles. The first-order valence-corrected chi connectivity index (χ1v) is 15.5. The number of carbonyl (C=O) groups is 6. The fourth-order valence-corrected chi connectivity index (χ4v) is 4.25. The lowest BCUT2D eigenvalue weighted by Gasteiger charge is -2.29. The van der Waals surface area contributed by atoms with Crippen LogP contribution in [-0.2, 0) is 28.8 Å². The molecule has 0 aliphatic heterocycles. The molecule has 0 aromatic rings. The van der Waals surface area contributed by atoms with Crippen molar-refractivity contribution >= 4 is 41.5 Å². The lowest BCUT2D eigenvalue weighted by molar-refractivity contribution is -0.143. The molecule has 13 N–H and O–H groups in total. The Morgan fingerprint density at radius 2 is 1.15 bits per heavy atom. The summed E-state index contributed by atoms with van der Waals surface area (Å²) >= 11 is 0. The number of aliphatic hydroxyl groups excluding tert-OH is 1. The summed E-state index contributed by atoms with van der Waals surface area (Å²) in [5.74, 6) is -5.34. The number of aliphatic imine (C=N–C) groups is 1. The minimum absolute atomic E-state index is 0.00179. The van der Waals surface area contributed by atoms with Crippen LogP contribution in [-0.4, -0.2) is 101 Å². The Bertz CT molecular complexity index is 1060. The molecule has 17 nitrogen and oxygen atoms in total. The Kier molecular flexibility index (Phi) is 19.1. The van der Waals surface area contributed by atoms with Crippen LogP contribution < -0.4 is 43.8 Å². The zero-order chi connectivity index (χ0) is 35.7. The van der Waals surface area contributed by atoms with Gasteiger partial charge in [0, 0.05) is 6.54 Å². The highest BCUT2D eigenvalue weighted by atomic mass is 16.4. The first-order valence-electron chi connectivity index (χ1n) is 15.5. The number of hydrogen-bond donors (Lipinski definition) is 10. The molecule has 0 aromatic carbocycles. The molecular formula is C29H55N9O8. The molecule has 0 rings (SSSR count). The van der Waals surface area contributed by atoms with Crippen molar-refractivity contribution < 1.29 is 39.0 Å². The number of amides is 5. The summed E-state index contributed by atoms with van der Waals surface area (Å²) < 4.78 is 0. The largest absolute Gasteiger partial charge is 0.480 e. The monoisotopic (exact) mass is 657 g/mol. The van der Waals surface area contributed by atoms with E-state index in [9.17, 15) is 28.8 Å². The number of carboxylic acids is 1. The predicted octanol–water partition coefficient (Wildman–Crippen LogP) is -2.36. The van der Waals surface area contributed by atoms with Crippen molar-refractivity contribution in [1.29, 1.82) is 0 Å². The van der Waals surface area contributed by atoms with Crippen LogP contribution in [0.3, 0.4) is 0 Å². The maximum Gasteiger partial charge on any atom is 0.328 e. The van der Waals surface area contributed by atoms with Gasteiger partial charge in [-0.15, -0.1) is 0 Å². The van der Waals surface area contributed by atoms with Gasteiger partial charge in [-0.2, -0.15) is 0 Å². The SMILES string of the molecule is CC(C)C[C@H](NC(=O)[C@@H](NC(=O)[C@H](CC(C)C)NC(=O)[C@@H](N)CCCN=C(N)N)C(C)C)C(=O)N[C@@H](C)C(=O)N[C@@H](CO)C(=O)O. The molecule has 0 bridgehead atoms. The molecule has 0 fully saturated rings. The zero-order valence-corrected chi connectivity index (χ0v) is 28.0. The summed E-state index contributed by atoms with van der Waals surface area (Å²) in [4.78, 5) is 80.2. The second kappa shape index (κ2) is 20.9. The lowest BCUT2D eigenvalue weighted by Crippen LogP contribution is -2.60. The van der Waals surface area contributed by atoms with Gasteiger partial charge in [-0.1, -0.05) is 41.5 Å². The molecule has 17 heteroatoms. The van der Waals surface area contributed by atoms with Crippen molar-refractivity contribution in [3.05, 3.63) is 0 Å². The Morgan fingerprint density at radius 1 is 0.674 bits per heavy atom. The predicted molar refractivity (Wildman–Crippen MR) is 172 cm³/mol. The van der Waals surface area contributed by atoms with Crippen molar-refractivity contribution in [2.75, 3.05) is 13.2 Å². The van der Waals surface area contributed by atoms with Crippen LogP contribution in [0.2, 0.25) is 0 Å².